The molecule has 0 saturated heterocycles. The molecule has 176 valence electrons. The van der Waals surface area contributed by atoms with E-state index < -0.39 is 66.2 Å². The van der Waals surface area contributed by atoms with Gasteiger partial charge in [0.05, 0.1) is 6.04 Å². The third-order valence-electron chi connectivity index (χ3n) is 4.34. The minimum atomic E-state index is -1.39. The second kappa shape index (κ2) is 13.2. The van der Waals surface area contributed by atoms with E-state index in [2.05, 4.69) is 16.0 Å². The van der Waals surface area contributed by atoms with Crippen molar-refractivity contribution in [3.05, 3.63) is 0 Å². The molecule has 0 aliphatic carbocycles. The van der Waals surface area contributed by atoms with Gasteiger partial charge in [-0.15, -0.1) is 0 Å². The highest BCUT2D eigenvalue weighted by Gasteiger charge is 2.30. The van der Waals surface area contributed by atoms with Crippen molar-refractivity contribution in [1.29, 1.82) is 0 Å². The SMILES string of the molecule is CC(NC(=O)C(CCC(=O)O)NC(=O)C(CCC(N)=O)NC(=O)C(N)C(C)C)C(=O)O. The van der Waals surface area contributed by atoms with Gasteiger partial charge >= 0.3 is 11.9 Å². The van der Waals surface area contributed by atoms with E-state index in [0.717, 1.165) is 0 Å². The lowest BCUT2D eigenvalue weighted by atomic mass is 10.0. The number of hydrogen-bond donors (Lipinski definition) is 7. The van der Waals surface area contributed by atoms with Crippen LogP contribution in [-0.4, -0.2) is 69.9 Å². The summed E-state index contributed by atoms with van der Waals surface area (Å²) in [6, 6.07) is -4.89. The molecular weight excluding hydrogens is 414 g/mol. The molecule has 13 heteroatoms. The monoisotopic (exact) mass is 445 g/mol. The van der Waals surface area contributed by atoms with Gasteiger partial charge in [-0.05, 0) is 25.7 Å². The van der Waals surface area contributed by atoms with Crippen molar-refractivity contribution in [3.8, 4) is 0 Å². The molecule has 4 amide bonds. The van der Waals surface area contributed by atoms with Gasteiger partial charge in [0.15, 0.2) is 0 Å². The number of rotatable bonds is 14. The molecule has 31 heavy (non-hydrogen) atoms. The molecular formula is C18H31N5O8. The summed E-state index contributed by atoms with van der Waals surface area (Å²) in [4.78, 5) is 70.2. The van der Waals surface area contributed by atoms with Gasteiger partial charge in [-0.25, -0.2) is 0 Å². The summed E-state index contributed by atoms with van der Waals surface area (Å²) in [7, 11) is 0. The third kappa shape index (κ3) is 10.9. The summed E-state index contributed by atoms with van der Waals surface area (Å²) in [5, 5.41) is 24.6. The van der Waals surface area contributed by atoms with Crippen LogP contribution in [0.25, 0.3) is 0 Å². The van der Waals surface area contributed by atoms with E-state index in [4.69, 9.17) is 21.7 Å². The van der Waals surface area contributed by atoms with Crippen LogP contribution in [0.15, 0.2) is 0 Å². The zero-order valence-corrected chi connectivity index (χ0v) is 17.7. The first-order chi connectivity index (χ1) is 14.3. The molecule has 0 heterocycles. The number of nitrogens with one attached hydrogen (secondary N) is 3. The number of nitrogens with two attached hydrogens (primary N) is 2. The van der Waals surface area contributed by atoms with E-state index in [-0.39, 0.29) is 25.2 Å². The largest absolute Gasteiger partial charge is 0.481 e. The highest BCUT2D eigenvalue weighted by Crippen LogP contribution is 2.05. The Morgan fingerprint density at radius 1 is 0.774 bits per heavy atom. The second-order valence-electron chi connectivity index (χ2n) is 7.40. The predicted molar refractivity (Wildman–Crippen MR) is 107 cm³/mol. The van der Waals surface area contributed by atoms with E-state index in [1.165, 1.54) is 6.92 Å². The zero-order valence-electron chi connectivity index (χ0n) is 17.7. The van der Waals surface area contributed by atoms with E-state index >= 15 is 0 Å². The van der Waals surface area contributed by atoms with Crippen molar-refractivity contribution in [2.45, 2.75) is 70.6 Å². The summed E-state index contributed by atoms with van der Waals surface area (Å²) in [6.07, 6.45) is -1.26. The fourth-order valence-corrected chi connectivity index (χ4v) is 2.31. The molecule has 13 nitrogen and oxygen atoms in total. The molecule has 9 N–H and O–H groups in total. The van der Waals surface area contributed by atoms with E-state index in [0.29, 0.717) is 0 Å². The number of primary amides is 1. The van der Waals surface area contributed by atoms with Crippen LogP contribution in [0.5, 0.6) is 0 Å². The Morgan fingerprint density at radius 2 is 1.23 bits per heavy atom. The van der Waals surface area contributed by atoms with Crippen molar-refractivity contribution in [2.75, 3.05) is 0 Å². The van der Waals surface area contributed by atoms with Crippen molar-refractivity contribution < 1.29 is 39.0 Å². The van der Waals surface area contributed by atoms with Gasteiger partial charge in [0.25, 0.3) is 0 Å². The first-order valence-electron chi connectivity index (χ1n) is 9.65. The molecule has 0 aromatic rings. The lowest BCUT2D eigenvalue weighted by Gasteiger charge is -2.25. The molecule has 4 unspecified atom stereocenters. The molecule has 0 aromatic heterocycles. The Labute approximate surface area is 179 Å². The highest BCUT2D eigenvalue weighted by atomic mass is 16.4. The Kier molecular flexibility index (Phi) is 11.8. The summed E-state index contributed by atoms with van der Waals surface area (Å²) < 4.78 is 0. The normalized spacial score (nSPS) is 14.6. The summed E-state index contributed by atoms with van der Waals surface area (Å²) >= 11 is 0. The van der Waals surface area contributed by atoms with Gasteiger partial charge in [0.1, 0.15) is 18.1 Å². The Hall–Kier alpha value is -3.22. The maximum absolute atomic E-state index is 12.7. The van der Waals surface area contributed by atoms with Crippen molar-refractivity contribution >= 4 is 35.6 Å². The Bertz CT molecular complexity index is 696. The lowest BCUT2D eigenvalue weighted by molar-refractivity contribution is -0.142. The minimum Gasteiger partial charge on any atom is -0.481 e. The van der Waals surface area contributed by atoms with Crippen LogP contribution < -0.4 is 27.4 Å². The number of carboxylic acid groups (broad SMARTS) is 2. The molecule has 4 atom stereocenters. The minimum absolute atomic E-state index is 0.184. The molecule has 0 rings (SSSR count). The predicted octanol–water partition coefficient (Wildman–Crippen LogP) is -2.34. The van der Waals surface area contributed by atoms with Crippen LogP contribution in [-0.2, 0) is 28.8 Å². The first-order valence-corrected chi connectivity index (χ1v) is 9.65. The van der Waals surface area contributed by atoms with Crippen molar-refractivity contribution in [3.63, 3.8) is 0 Å². The average Bonchev–Trinajstić information content (AvgIpc) is 2.66. The molecule has 0 radical (unpaired) electrons. The molecule has 0 spiro atoms. The Morgan fingerprint density at radius 3 is 1.65 bits per heavy atom. The molecule has 0 aromatic carbocycles. The standard InChI is InChI=1S/C18H31N5O8/c1-8(2)14(20)17(29)23-10(4-6-12(19)24)16(28)22-11(5-7-13(25)26)15(27)21-9(3)18(30)31/h8-11,14H,4-7,20H2,1-3H3,(H2,19,24)(H,21,27)(H,22,28)(H,23,29)(H,25,26)(H,30,31). The van der Waals surface area contributed by atoms with Crippen LogP contribution >= 0.6 is 0 Å². The number of carbonyl (C=O) groups excluding carboxylic acids is 4. The lowest BCUT2D eigenvalue weighted by Crippen LogP contribution is -2.57. The molecule has 0 saturated carbocycles. The number of carbonyl (C=O) groups is 6. The molecule has 0 aliphatic rings. The first kappa shape index (κ1) is 27.8. The molecule has 0 bridgehead atoms. The molecule has 0 aliphatic heterocycles. The second-order valence-corrected chi connectivity index (χ2v) is 7.40. The summed E-state index contributed by atoms with van der Waals surface area (Å²) in [5.41, 5.74) is 10.9. The number of aliphatic carboxylic acids is 2. The number of hydrogen-bond acceptors (Lipinski definition) is 7. The quantitative estimate of drug-likeness (QED) is 0.151. The maximum atomic E-state index is 12.7. The topological polar surface area (TPSA) is 231 Å². The highest BCUT2D eigenvalue weighted by molar-refractivity contribution is 5.94. The molecule has 0 fully saturated rings. The smallest absolute Gasteiger partial charge is 0.325 e. The van der Waals surface area contributed by atoms with Crippen LogP contribution in [0.3, 0.4) is 0 Å². The van der Waals surface area contributed by atoms with Crippen molar-refractivity contribution in [2.24, 2.45) is 17.4 Å². The van der Waals surface area contributed by atoms with Crippen LogP contribution in [0.4, 0.5) is 0 Å². The van der Waals surface area contributed by atoms with Crippen LogP contribution in [0, 0.1) is 5.92 Å². The van der Waals surface area contributed by atoms with Gasteiger partial charge in [-0.3, -0.25) is 28.8 Å². The van der Waals surface area contributed by atoms with Gasteiger partial charge < -0.3 is 37.6 Å². The number of carboxylic acids is 2. The van der Waals surface area contributed by atoms with Gasteiger partial charge in [-0.2, -0.15) is 0 Å². The van der Waals surface area contributed by atoms with Crippen LogP contribution in [0.1, 0.15) is 46.5 Å². The van der Waals surface area contributed by atoms with Gasteiger partial charge in [-0.1, -0.05) is 13.8 Å². The zero-order chi connectivity index (χ0) is 24.3. The Balaban J connectivity index is 5.47. The fraction of sp³-hybridized carbons (Fsp3) is 0.667. The van der Waals surface area contributed by atoms with E-state index in [1.807, 2.05) is 0 Å². The van der Waals surface area contributed by atoms with E-state index in [1.54, 1.807) is 13.8 Å². The van der Waals surface area contributed by atoms with Crippen molar-refractivity contribution in [1.82, 2.24) is 16.0 Å². The fourth-order valence-electron chi connectivity index (χ4n) is 2.31. The summed E-state index contributed by atoms with van der Waals surface area (Å²) in [5.74, 6) is -5.99. The third-order valence-corrected chi connectivity index (χ3v) is 4.34. The van der Waals surface area contributed by atoms with Gasteiger partial charge in [0, 0.05) is 12.8 Å². The van der Waals surface area contributed by atoms with E-state index in [9.17, 15) is 28.8 Å². The maximum Gasteiger partial charge on any atom is 0.325 e. The average molecular weight is 445 g/mol. The number of amides is 4. The van der Waals surface area contributed by atoms with Crippen LogP contribution in [0.2, 0.25) is 0 Å². The van der Waals surface area contributed by atoms with Gasteiger partial charge in [0.2, 0.25) is 23.6 Å². The summed E-state index contributed by atoms with van der Waals surface area (Å²) in [6.45, 7) is 4.58.